The number of imide groups is 1. The zero-order valence-corrected chi connectivity index (χ0v) is 16.8. The lowest BCUT2D eigenvalue weighted by molar-refractivity contribution is -0.274. The van der Waals surface area contributed by atoms with Crippen molar-refractivity contribution in [1.29, 1.82) is 0 Å². The number of benzene rings is 2. The molecular formula is C21H20F3N3O4. The van der Waals surface area contributed by atoms with E-state index in [-0.39, 0.29) is 5.56 Å². The molecule has 7 nitrogen and oxygen atoms in total. The minimum absolute atomic E-state index is 0.257. The van der Waals surface area contributed by atoms with Gasteiger partial charge in [-0.3, -0.25) is 14.5 Å². The van der Waals surface area contributed by atoms with E-state index in [1.807, 2.05) is 30.3 Å². The number of likely N-dealkylation sites (N-methyl/N-ethyl adjacent to an activating group) is 1. The summed E-state index contributed by atoms with van der Waals surface area (Å²) in [6.07, 6.45) is -4.84. The molecule has 1 N–H and O–H groups in total. The van der Waals surface area contributed by atoms with Crippen LogP contribution in [0.4, 0.5) is 18.0 Å². The van der Waals surface area contributed by atoms with Gasteiger partial charge in [0.1, 0.15) is 17.8 Å². The first-order valence-corrected chi connectivity index (χ1v) is 9.28. The van der Waals surface area contributed by atoms with Crippen LogP contribution in [0.25, 0.3) is 0 Å². The Morgan fingerprint density at radius 1 is 1.10 bits per heavy atom. The molecule has 0 aliphatic carbocycles. The van der Waals surface area contributed by atoms with Crippen molar-refractivity contribution < 1.29 is 32.3 Å². The topological polar surface area (TPSA) is 79.0 Å². The second kappa shape index (κ2) is 8.29. The molecule has 1 saturated heterocycles. The fourth-order valence-corrected chi connectivity index (χ4v) is 3.23. The number of ether oxygens (including phenoxy) is 1. The molecule has 3 rings (SSSR count). The van der Waals surface area contributed by atoms with E-state index in [4.69, 9.17) is 0 Å². The molecular weight excluding hydrogens is 415 g/mol. The fourth-order valence-electron chi connectivity index (χ4n) is 3.23. The number of rotatable bonds is 6. The zero-order valence-electron chi connectivity index (χ0n) is 16.8. The van der Waals surface area contributed by atoms with Gasteiger partial charge in [0.25, 0.3) is 5.91 Å². The molecule has 1 aliphatic rings. The predicted molar refractivity (Wildman–Crippen MR) is 104 cm³/mol. The van der Waals surface area contributed by atoms with Crippen LogP contribution < -0.4 is 10.1 Å². The van der Waals surface area contributed by atoms with Crippen LogP contribution in [0.1, 0.15) is 18.1 Å². The van der Waals surface area contributed by atoms with Crippen LogP contribution in [0.2, 0.25) is 0 Å². The van der Waals surface area contributed by atoms with Crippen LogP contribution in [0.15, 0.2) is 54.6 Å². The summed E-state index contributed by atoms with van der Waals surface area (Å²) in [5, 5.41) is 2.51. The van der Waals surface area contributed by atoms with E-state index in [2.05, 4.69) is 10.1 Å². The van der Waals surface area contributed by atoms with Crippen molar-refractivity contribution in [3.63, 3.8) is 0 Å². The van der Waals surface area contributed by atoms with Crippen LogP contribution in [0.5, 0.6) is 5.75 Å². The van der Waals surface area contributed by atoms with Gasteiger partial charge in [0, 0.05) is 13.6 Å². The third-order valence-electron chi connectivity index (χ3n) is 4.92. The van der Waals surface area contributed by atoms with Gasteiger partial charge in [0.2, 0.25) is 5.91 Å². The van der Waals surface area contributed by atoms with Gasteiger partial charge in [-0.2, -0.15) is 0 Å². The number of halogens is 3. The average molecular weight is 435 g/mol. The molecule has 0 radical (unpaired) electrons. The standard InChI is InChI=1S/C21H20F3N3O4/c1-20(15-8-10-16(11-9-15)31-21(22,23)24)18(29)27(19(30)25-20)13-17(28)26(2)12-14-6-4-3-5-7-14/h3-11H,12-13H2,1-2H3,(H,25,30). The van der Waals surface area contributed by atoms with Crippen LogP contribution >= 0.6 is 0 Å². The molecule has 164 valence electrons. The first kappa shape index (κ1) is 22.1. The predicted octanol–water partition coefficient (Wildman–Crippen LogP) is 3.01. The Kier molecular flexibility index (Phi) is 5.92. The van der Waals surface area contributed by atoms with Crippen LogP contribution in [-0.4, -0.2) is 47.6 Å². The first-order chi connectivity index (χ1) is 14.5. The van der Waals surface area contributed by atoms with E-state index in [0.29, 0.717) is 6.54 Å². The summed E-state index contributed by atoms with van der Waals surface area (Å²) in [7, 11) is 1.56. The van der Waals surface area contributed by atoms with Gasteiger partial charge in [0.05, 0.1) is 0 Å². The molecule has 1 atom stereocenters. The van der Waals surface area contributed by atoms with Crippen molar-refractivity contribution in [3.05, 3.63) is 65.7 Å². The lowest BCUT2D eigenvalue weighted by Crippen LogP contribution is -2.43. The summed E-state index contributed by atoms with van der Waals surface area (Å²) in [4.78, 5) is 40.1. The molecule has 0 saturated carbocycles. The van der Waals surface area contributed by atoms with Gasteiger partial charge < -0.3 is 15.0 Å². The second-order valence-corrected chi connectivity index (χ2v) is 7.25. The summed E-state index contributed by atoms with van der Waals surface area (Å²) in [5.41, 5.74) is -0.374. The van der Waals surface area contributed by atoms with E-state index in [1.54, 1.807) is 7.05 Å². The highest BCUT2D eigenvalue weighted by atomic mass is 19.4. The molecule has 31 heavy (non-hydrogen) atoms. The minimum Gasteiger partial charge on any atom is -0.406 e. The number of amides is 4. The molecule has 0 aromatic heterocycles. The highest BCUT2D eigenvalue weighted by Gasteiger charge is 2.49. The van der Waals surface area contributed by atoms with Crippen molar-refractivity contribution in [2.75, 3.05) is 13.6 Å². The molecule has 4 amide bonds. The number of carbonyl (C=O) groups excluding carboxylic acids is 3. The Balaban J connectivity index is 1.70. The summed E-state index contributed by atoms with van der Waals surface area (Å²) in [6.45, 7) is 1.27. The molecule has 1 unspecified atom stereocenters. The molecule has 10 heteroatoms. The van der Waals surface area contributed by atoms with Crippen LogP contribution in [0.3, 0.4) is 0 Å². The minimum atomic E-state index is -4.84. The second-order valence-electron chi connectivity index (χ2n) is 7.25. The summed E-state index contributed by atoms with van der Waals surface area (Å²) in [6, 6.07) is 13.1. The van der Waals surface area contributed by atoms with Crippen molar-refractivity contribution in [1.82, 2.24) is 15.1 Å². The van der Waals surface area contributed by atoms with E-state index in [0.717, 1.165) is 22.6 Å². The third kappa shape index (κ3) is 4.96. The Morgan fingerprint density at radius 2 is 1.71 bits per heavy atom. The first-order valence-electron chi connectivity index (χ1n) is 9.28. The number of nitrogens with zero attached hydrogens (tertiary/aromatic N) is 2. The molecule has 2 aromatic carbocycles. The smallest absolute Gasteiger partial charge is 0.406 e. The third-order valence-corrected chi connectivity index (χ3v) is 4.92. The average Bonchev–Trinajstić information content (AvgIpc) is 2.92. The Labute approximate surface area is 176 Å². The molecule has 0 spiro atoms. The fraction of sp³-hybridized carbons (Fsp3) is 0.286. The van der Waals surface area contributed by atoms with E-state index in [9.17, 15) is 27.6 Å². The van der Waals surface area contributed by atoms with Gasteiger partial charge in [-0.15, -0.1) is 13.2 Å². The zero-order chi connectivity index (χ0) is 22.8. The Bertz CT molecular complexity index is 980. The Morgan fingerprint density at radius 3 is 2.29 bits per heavy atom. The summed E-state index contributed by atoms with van der Waals surface area (Å²) < 4.78 is 40.8. The highest BCUT2D eigenvalue weighted by molar-refractivity contribution is 6.09. The summed E-state index contributed by atoms with van der Waals surface area (Å²) in [5.74, 6) is -1.57. The van der Waals surface area contributed by atoms with E-state index < -0.39 is 42.0 Å². The lowest BCUT2D eigenvalue weighted by Gasteiger charge is -2.23. The highest BCUT2D eigenvalue weighted by Crippen LogP contribution is 2.31. The van der Waals surface area contributed by atoms with Crippen molar-refractivity contribution in [2.45, 2.75) is 25.4 Å². The maximum Gasteiger partial charge on any atom is 0.573 e. The number of hydrogen-bond acceptors (Lipinski definition) is 4. The van der Waals surface area contributed by atoms with Gasteiger partial charge in [-0.25, -0.2) is 4.79 Å². The van der Waals surface area contributed by atoms with Gasteiger partial charge in [-0.05, 0) is 30.2 Å². The largest absolute Gasteiger partial charge is 0.573 e. The number of hydrogen-bond donors (Lipinski definition) is 1. The quantitative estimate of drug-likeness (QED) is 0.708. The maximum atomic E-state index is 12.9. The number of alkyl halides is 3. The van der Waals surface area contributed by atoms with Gasteiger partial charge in [-0.1, -0.05) is 42.5 Å². The van der Waals surface area contributed by atoms with E-state index in [1.165, 1.54) is 24.0 Å². The van der Waals surface area contributed by atoms with Crippen LogP contribution in [0, 0.1) is 0 Å². The lowest BCUT2D eigenvalue weighted by atomic mass is 9.92. The number of urea groups is 1. The normalized spacial score (nSPS) is 18.7. The summed E-state index contributed by atoms with van der Waals surface area (Å²) >= 11 is 0. The van der Waals surface area contributed by atoms with Crippen molar-refractivity contribution >= 4 is 17.8 Å². The number of carbonyl (C=O) groups is 3. The van der Waals surface area contributed by atoms with E-state index >= 15 is 0 Å². The SMILES string of the molecule is CN(Cc1ccccc1)C(=O)CN1C(=O)NC(C)(c2ccc(OC(F)(F)F)cc2)C1=O. The molecule has 1 aliphatic heterocycles. The van der Waals surface area contributed by atoms with Crippen LogP contribution in [-0.2, 0) is 21.7 Å². The molecule has 1 fully saturated rings. The monoisotopic (exact) mass is 435 g/mol. The Hall–Kier alpha value is -3.56. The van der Waals surface area contributed by atoms with Crippen molar-refractivity contribution in [2.24, 2.45) is 0 Å². The van der Waals surface area contributed by atoms with Crippen molar-refractivity contribution in [3.8, 4) is 5.75 Å². The maximum absolute atomic E-state index is 12.9. The van der Waals surface area contributed by atoms with Gasteiger partial charge >= 0.3 is 12.4 Å². The molecule has 2 aromatic rings. The number of nitrogens with one attached hydrogen (secondary N) is 1. The molecule has 1 heterocycles. The molecule has 0 bridgehead atoms. The van der Waals surface area contributed by atoms with Gasteiger partial charge in [0.15, 0.2) is 0 Å².